The third-order valence-corrected chi connectivity index (χ3v) is 2.35. The SMILES string of the molecule is O=C(NCCCCCl)c1c(F)cc(F)cc1F. The van der Waals surface area contributed by atoms with Crippen LogP contribution in [-0.4, -0.2) is 18.3 Å². The van der Waals surface area contributed by atoms with Crippen molar-refractivity contribution in [2.75, 3.05) is 12.4 Å². The molecule has 0 aromatic heterocycles. The predicted molar refractivity (Wildman–Crippen MR) is 58.6 cm³/mol. The van der Waals surface area contributed by atoms with E-state index in [1.54, 1.807) is 0 Å². The lowest BCUT2D eigenvalue weighted by Crippen LogP contribution is -2.26. The maximum atomic E-state index is 13.2. The van der Waals surface area contributed by atoms with Crippen LogP contribution in [0.4, 0.5) is 13.2 Å². The van der Waals surface area contributed by atoms with Crippen LogP contribution in [0.3, 0.4) is 0 Å². The van der Waals surface area contributed by atoms with E-state index in [2.05, 4.69) is 5.32 Å². The van der Waals surface area contributed by atoms with E-state index >= 15 is 0 Å². The number of alkyl halides is 1. The Morgan fingerprint density at radius 3 is 2.29 bits per heavy atom. The van der Waals surface area contributed by atoms with Crippen LogP contribution >= 0.6 is 11.6 Å². The van der Waals surface area contributed by atoms with Crippen molar-refractivity contribution in [3.8, 4) is 0 Å². The molecule has 1 N–H and O–H groups in total. The maximum Gasteiger partial charge on any atom is 0.257 e. The number of nitrogens with one attached hydrogen (secondary N) is 1. The summed E-state index contributed by atoms with van der Waals surface area (Å²) in [6, 6.07) is 0.938. The van der Waals surface area contributed by atoms with E-state index < -0.39 is 28.9 Å². The molecule has 0 aliphatic carbocycles. The number of benzene rings is 1. The van der Waals surface area contributed by atoms with Crippen LogP contribution < -0.4 is 5.32 Å². The van der Waals surface area contributed by atoms with Crippen molar-refractivity contribution in [3.05, 3.63) is 35.1 Å². The summed E-state index contributed by atoms with van der Waals surface area (Å²) in [4.78, 5) is 11.4. The van der Waals surface area contributed by atoms with Crippen LogP contribution in [0.5, 0.6) is 0 Å². The molecule has 0 radical (unpaired) electrons. The summed E-state index contributed by atoms with van der Waals surface area (Å²) in [6.07, 6.45) is 1.30. The first kappa shape index (κ1) is 13.8. The Balaban J connectivity index is 2.69. The van der Waals surface area contributed by atoms with Gasteiger partial charge in [-0.25, -0.2) is 13.2 Å². The molecule has 0 unspecified atom stereocenters. The first-order valence-electron chi connectivity index (χ1n) is 5.05. The highest BCUT2D eigenvalue weighted by atomic mass is 35.5. The smallest absolute Gasteiger partial charge is 0.257 e. The van der Waals surface area contributed by atoms with Gasteiger partial charge in [0.25, 0.3) is 5.91 Å². The van der Waals surface area contributed by atoms with E-state index in [9.17, 15) is 18.0 Å². The monoisotopic (exact) mass is 265 g/mol. The van der Waals surface area contributed by atoms with Gasteiger partial charge in [-0.3, -0.25) is 4.79 Å². The van der Waals surface area contributed by atoms with Crippen molar-refractivity contribution >= 4 is 17.5 Å². The van der Waals surface area contributed by atoms with Crippen LogP contribution in [0, 0.1) is 17.5 Å². The van der Waals surface area contributed by atoms with Crippen molar-refractivity contribution in [2.45, 2.75) is 12.8 Å². The number of unbranched alkanes of at least 4 members (excludes halogenated alkanes) is 1. The number of amides is 1. The lowest BCUT2D eigenvalue weighted by molar-refractivity contribution is 0.0944. The molecule has 2 nitrogen and oxygen atoms in total. The van der Waals surface area contributed by atoms with E-state index in [0.29, 0.717) is 30.9 Å². The molecule has 0 aliphatic rings. The average molecular weight is 266 g/mol. The topological polar surface area (TPSA) is 29.1 Å². The normalized spacial score (nSPS) is 10.4. The van der Waals surface area contributed by atoms with Gasteiger partial charge < -0.3 is 5.32 Å². The Morgan fingerprint density at radius 2 is 1.76 bits per heavy atom. The van der Waals surface area contributed by atoms with Crippen LogP contribution in [0.15, 0.2) is 12.1 Å². The minimum absolute atomic E-state index is 0.266. The summed E-state index contributed by atoms with van der Waals surface area (Å²) in [5.74, 6) is -3.92. The van der Waals surface area contributed by atoms with Gasteiger partial charge in [-0.05, 0) is 12.8 Å². The average Bonchev–Trinajstić information content (AvgIpc) is 2.23. The second-order valence-electron chi connectivity index (χ2n) is 3.40. The first-order valence-corrected chi connectivity index (χ1v) is 5.58. The van der Waals surface area contributed by atoms with E-state index in [4.69, 9.17) is 11.6 Å². The molecular formula is C11H11ClF3NO. The standard InChI is InChI=1S/C11H11ClF3NO/c12-3-1-2-4-16-11(17)10-8(14)5-7(13)6-9(10)15/h5-6H,1-4H2,(H,16,17). The molecule has 0 atom stereocenters. The molecule has 1 aromatic carbocycles. The molecule has 1 amide bonds. The van der Waals surface area contributed by atoms with Gasteiger partial charge in [-0.15, -0.1) is 11.6 Å². The van der Waals surface area contributed by atoms with Crippen LogP contribution in [-0.2, 0) is 0 Å². The van der Waals surface area contributed by atoms with Crippen LogP contribution in [0.1, 0.15) is 23.2 Å². The molecule has 6 heteroatoms. The maximum absolute atomic E-state index is 13.2. The third-order valence-electron chi connectivity index (χ3n) is 2.08. The summed E-state index contributed by atoms with van der Waals surface area (Å²) >= 11 is 5.43. The van der Waals surface area contributed by atoms with Gasteiger partial charge in [-0.1, -0.05) is 0 Å². The first-order chi connectivity index (χ1) is 8.06. The molecule has 1 rings (SSSR count). The highest BCUT2D eigenvalue weighted by Gasteiger charge is 2.18. The van der Waals surface area contributed by atoms with Gasteiger partial charge in [-0.2, -0.15) is 0 Å². The van der Waals surface area contributed by atoms with Gasteiger partial charge in [0.2, 0.25) is 0 Å². The Bertz CT molecular complexity index is 389. The van der Waals surface area contributed by atoms with E-state index in [1.807, 2.05) is 0 Å². The summed E-state index contributed by atoms with van der Waals surface area (Å²) in [6.45, 7) is 0.266. The Labute approximate surface area is 102 Å². The Hall–Kier alpha value is -1.23. The Kier molecular flexibility index (Phi) is 5.28. The highest BCUT2D eigenvalue weighted by Crippen LogP contribution is 2.14. The number of carbonyl (C=O) groups is 1. The van der Waals surface area contributed by atoms with Gasteiger partial charge in [0, 0.05) is 24.6 Å². The van der Waals surface area contributed by atoms with Gasteiger partial charge in [0.1, 0.15) is 23.0 Å². The summed E-state index contributed by atoms with van der Waals surface area (Å²) in [7, 11) is 0. The molecule has 0 aliphatic heterocycles. The number of hydrogen-bond acceptors (Lipinski definition) is 1. The molecule has 0 fully saturated rings. The zero-order valence-corrected chi connectivity index (χ0v) is 9.66. The molecule has 0 heterocycles. The van der Waals surface area contributed by atoms with Crippen molar-refractivity contribution in [1.29, 1.82) is 0 Å². The van der Waals surface area contributed by atoms with E-state index in [-0.39, 0.29) is 6.54 Å². The van der Waals surface area contributed by atoms with Crippen LogP contribution in [0.25, 0.3) is 0 Å². The summed E-state index contributed by atoms with van der Waals surface area (Å²) in [5.41, 5.74) is -0.766. The molecule has 0 saturated heterocycles. The molecule has 0 bridgehead atoms. The fraction of sp³-hybridized carbons (Fsp3) is 0.364. The predicted octanol–water partition coefficient (Wildman–Crippen LogP) is 2.85. The molecule has 0 spiro atoms. The van der Waals surface area contributed by atoms with Gasteiger partial charge in [0.15, 0.2) is 0 Å². The van der Waals surface area contributed by atoms with Crippen LogP contribution in [0.2, 0.25) is 0 Å². The van der Waals surface area contributed by atoms with Gasteiger partial charge >= 0.3 is 0 Å². The van der Waals surface area contributed by atoms with E-state index in [1.165, 1.54) is 0 Å². The fourth-order valence-corrected chi connectivity index (χ4v) is 1.46. The minimum atomic E-state index is -1.21. The Morgan fingerprint density at radius 1 is 1.18 bits per heavy atom. The second-order valence-corrected chi connectivity index (χ2v) is 3.77. The lowest BCUT2D eigenvalue weighted by Gasteiger charge is -2.06. The van der Waals surface area contributed by atoms with Crippen molar-refractivity contribution < 1.29 is 18.0 Å². The summed E-state index contributed by atoms with van der Waals surface area (Å²) in [5, 5.41) is 2.33. The zero-order valence-electron chi connectivity index (χ0n) is 8.90. The van der Waals surface area contributed by atoms with Crippen molar-refractivity contribution in [3.63, 3.8) is 0 Å². The molecule has 17 heavy (non-hydrogen) atoms. The molecule has 0 saturated carbocycles. The van der Waals surface area contributed by atoms with Crippen molar-refractivity contribution in [1.82, 2.24) is 5.32 Å². The number of hydrogen-bond donors (Lipinski definition) is 1. The quantitative estimate of drug-likeness (QED) is 0.644. The van der Waals surface area contributed by atoms with E-state index in [0.717, 1.165) is 0 Å². The largest absolute Gasteiger partial charge is 0.352 e. The second kappa shape index (κ2) is 6.49. The van der Waals surface area contributed by atoms with Gasteiger partial charge in [0.05, 0.1) is 0 Å². The van der Waals surface area contributed by atoms with Crippen molar-refractivity contribution in [2.24, 2.45) is 0 Å². The molecule has 1 aromatic rings. The third kappa shape index (κ3) is 3.93. The minimum Gasteiger partial charge on any atom is -0.352 e. The molecular weight excluding hydrogens is 255 g/mol. The number of halogens is 4. The highest BCUT2D eigenvalue weighted by molar-refractivity contribution is 6.17. The zero-order chi connectivity index (χ0) is 12.8. The molecule has 94 valence electrons. The summed E-state index contributed by atoms with van der Waals surface area (Å²) < 4.78 is 38.9. The number of carbonyl (C=O) groups excluding carboxylic acids is 1. The number of rotatable bonds is 5. The fourth-order valence-electron chi connectivity index (χ4n) is 1.27. The lowest BCUT2D eigenvalue weighted by atomic mass is 10.1.